The van der Waals surface area contributed by atoms with Gasteiger partial charge in [0.15, 0.2) is 0 Å². The Morgan fingerprint density at radius 1 is 1.47 bits per heavy atom. The molecule has 1 rings (SSSR count). The van der Waals surface area contributed by atoms with Crippen molar-refractivity contribution in [3.8, 4) is 0 Å². The zero-order valence-electron chi connectivity index (χ0n) is 9.33. The lowest BCUT2D eigenvalue weighted by molar-refractivity contribution is -0.0888. The smallest absolute Gasteiger partial charge is 0.423 e. The van der Waals surface area contributed by atoms with E-state index in [-0.39, 0.29) is 6.10 Å². The second kappa shape index (κ2) is 6.09. The van der Waals surface area contributed by atoms with Gasteiger partial charge in [-0.3, -0.25) is 4.99 Å². The molecular formula is C10H13F3N2OS. The van der Waals surface area contributed by atoms with Gasteiger partial charge in [0.05, 0.1) is 0 Å². The van der Waals surface area contributed by atoms with Crippen molar-refractivity contribution >= 4 is 24.6 Å². The molecular weight excluding hydrogens is 253 g/mol. The summed E-state index contributed by atoms with van der Waals surface area (Å²) >= 11 is 0.917. The number of alkyl halides is 3. The fourth-order valence-corrected chi connectivity index (χ4v) is 1.51. The van der Waals surface area contributed by atoms with Crippen LogP contribution in [0.1, 0.15) is 19.3 Å². The first kappa shape index (κ1) is 14.1. The summed E-state index contributed by atoms with van der Waals surface area (Å²) in [7, 11) is 0. The largest absolute Gasteiger partial charge is 0.474 e. The van der Waals surface area contributed by atoms with Crippen LogP contribution in [0.15, 0.2) is 21.2 Å². The minimum absolute atomic E-state index is 0.170. The Kier molecular flexibility index (Phi) is 5.04. The van der Waals surface area contributed by atoms with Gasteiger partial charge >= 0.3 is 6.18 Å². The predicted molar refractivity (Wildman–Crippen MR) is 63.4 cm³/mol. The number of rotatable bonds is 4. The molecule has 17 heavy (non-hydrogen) atoms. The number of ether oxygens (including phenoxy) is 1. The molecule has 96 valence electrons. The Morgan fingerprint density at radius 2 is 2.12 bits per heavy atom. The van der Waals surface area contributed by atoms with Crippen molar-refractivity contribution in [2.75, 3.05) is 6.26 Å². The molecule has 1 saturated carbocycles. The van der Waals surface area contributed by atoms with E-state index in [0.29, 0.717) is 6.20 Å². The van der Waals surface area contributed by atoms with Crippen molar-refractivity contribution in [1.29, 1.82) is 0 Å². The number of hydrogen-bond acceptors (Lipinski definition) is 4. The van der Waals surface area contributed by atoms with Crippen LogP contribution in [0.2, 0.25) is 0 Å². The highest BCUT2D eigenvalue weighted by molar-refractivity contribution is 7.97. The number of halogens is 3. The summed E-state index contributed by atoms with van der Waals surface area (Å²) in [6.07, 6.45) is -0.00845. The quantitative estimate of drug-likeness (QED) is 0.444. The number of hydrogen-bond donors (Lipinski definition) is 0. The minimum atomic E-state index is -4.54. The maximum absolute atomic E-state index is 12.7. The van der Waals surface area contributed by atoms with E-state index in [0.717, 1.165) is 31.2 Å². The maximum atomic E-state index is 12.7. The van der Waals surface area contributed by atoms with Crippen molar-refractivity contribution in [2.45, 2.75) is 31.5 Å². The van der Waals surface area contributed by atoms with Crippen molar-refractivity contribution in [3.05, 3.63) is 11.8 Å². The van der Waals surface area contributed by atoms with Gasteiger partial charge in [-0.25, -0.2) is 0 Å². The summed E-state index contributed by atoms with van der Waals surface area (Å²) in [4.78, 5) is 3.15. The maximum Gasteiger partial charge on any atom is 0.423 e. The zero-order valence-corrected chi connectivity index (χ0v) is 10.1. The van der Waals surface area contributed by atoms with Crippen LogP contribution in [-0.2, 0) is 4.74 Å². The molecule has 0 atom stereocenters. The zero-order chi connectivity index (χ0) is 12.9. The fourth-order valence-electron chi connectivity index (χ4n) is 1.20. The van der Waals surface area contributed by atoms with Gasteiger partial charge in [-0.05, 0) is 37.9 Å². The highest BCUT2D eigenvalue weighted by atomic mass is 32.2. The Balaban J connectivity index is 2.89. The van der Waals surface area contributed by atoms with Crippen molar-refractivity contribution in [1.82, 2.24) is 0 Å². The van der Waals surface area contributed by atoms with Gasteiger partial charge in [0.25, 0.3) is 0 Å². The molecule has 7 heteroatoms. The molecule has 0 radical (unpaired) electrons. The van der Waals surface area contributed by atoms with E-state index in [9.17, 15) is 13.2 Å². The van der Waals surface area contributed by atoms with Gasteiger partial charge < -0.3 is 4.74 Å². The van der Waals surface area contributed by atoms with Gasteiger partial charge in [0, 0.05) is 12.5 Å². The van der Waals surface area contributed by atoms with Crippen LogP contribution >= 0.6 is 11.9 Å². The van der Waals surface area contributed by atoms with Crippen LogP contribution < -0.4 is 0 Å². The summed E-state index contributed by atoms with van der Waals surface area (Å²) < 4.78 is 47.1. The van der Waals surface area contributed by atoms with Crippen LogP contribution in [0.5, 0.6) is 0 Å². The van der Waals surface area contributed by atoms with Crippen molar-refractivity contribution < 1.29 is 17.9 Å². The van der Waals surface area contributed by atoms with Crippen LogP contribution in [0, 0.1) is 0 Å². The van der Waals surface area contributed by atoms with E-state index in [1.54, 1.807) is 6.26 Å². The molecule has 0 aromatic rings. The first-order valence-corrected chi connectivity index (χ1v) is 6.18. The molecule has 0 unspecified atom stereocenters. The van der Waals surface area contributed by atoms with Crippen LogP contribution in [0.25, 0.3) is 0 Å². The molecule has 1 fully saturated rings. The SMILES string of the molecule is C=N/C=C(\C(=N/SC)OC1CCC1)C(F)(F)F. The van der Waals surface area contributed by atoms with E-state index in [2.05, 4.69) is 16.1 Å². The normalized spacial score (nSPS) is 18.8. The van der Waals surface area contributed by atoms with Gasteiger partial charge in [0.2, 0.25) is 5.90 Å². The highest BCUT2D eigenvalue weighted by Crippen LogP contribution is 2.31. The summed E-state index contributed by atoms with van der Waals surface area (Å²) in [5.41, 5.74) is -0.992. The van der Waals surface area contributed by atoms with E-state index < -0.39 is 17.6 Å². The third-order valence-electron chi connectivity index (χ3n) is 2.26. The number of nitrogens with zero attached hydrogens (tertiary/aromatic N) is 2. The summed E-state index contributed by atoms with van der Waals surface area (Å²) in [5.74, 6) is -0.415. The molecule has 0 aromatic heterocycles. The topological polar surface area (TPSA) is 34.0 Å². The van der Waals surface area contributed by atoms with E-state index in [1.165, 1.54) is 0 Å². The van der Waals surface area contributed by atoms with E-state index in [1.807, 2.05) is 0 Å². The highest BCUT2D eigenvalue weighted by Gasteiger charge is 2.39. The predicted octanol–water partition coefficient (Wildman–Crippen LogP) is 3.38. The Hall–Kier alpha value is -0.980. The lowest BCUT2D eigenvalue weighted by Crippen LogP contribution is -2.30. The third-order valence-corrected chi connectivity index (χ3v) is 2.61. The molecule has 0 spiro atoms. The summed E-state index contributed by atoms with van der Waals surface area (Å²) in [6, 6.07) is 0. The van der Waals surface area contributed by atoms with Crippen molar-refractivity contribution in [2.24, 2.45) is 9.39 Å². The molecule has 1 aliphatic carbocycles. The van der Waals surface area contributed by atoms with Crippen molar-refractivity contribution in [3.63, 3.8) is 0 Å². The van der Waals surface area contributed by atoms with Crippen LogP contribution in [0.3, 0.4) is 0 Å². The first-order chi connectivity index (χ1) is 7.99. The minimum Gasteiger partial charge on any atom is -0.474 e. The molecule has 0 amide bonds. The van der Waals surface area contributed by atoms with Gasteiger partial charge in [0.1, 0.15) is 11.7 Å². The molecule has 0 heterocycles. The monoisotopic (exact) mass is 266 g/mol. The molecule has 3 nitrogen and oxygen atoms in total. The van der Waals surface area contributed by atoms with E-state index in [4.69, 9.17) is 4.74 Å². The summed E-state index contributed by atoms with van der Waals surface area (Å²) in [5, 5.41) is 0. The Morgan fingerprint density at radius 3 is 2.47 bits per heavy atom. The van der Waals surface area contributed by atoms with Crippen LogP contribution in [0.4, 0.5) is 13.2 Å². The average molecular weight is 266 g/mol. The van der Waals surface area contributed by atoms with Gasteiger partial charge in [-0.2, -0.15) is 17.6 Å². The van der Waals surface area contributed by atoms with Gasteiger partial charge in [-0.1, -0.05) is 0 Å². The Labute approximate surface area is 102 Å². The molecule has 0 aliphatic heterocycles. The standard InChI is InChI=1S/C10H13F3N2OS/c1-14-6-8(10(11,12)13)9(15-17-2)16-7-4-3-5-7/h6-7H,1,3-5H2,2H3/b8-6+,15-9+. The summed E-state index contributed by atoms with van der Waals surface area (Å²) in [6.45, 7) is 3.03. The van der Waals surface area contributed by atoms with Crippen LogP contribution in [-0.4, -0.2) is 31.2 Å². The average Bonchev–Trinajstić information content (AvgIpc) is 2.17. The molecule has 1 aliphatic rings. The lowest BCUT2D eigenvalue weighted by atomic mass is 9.96. The molecule has 0 N–H and O–H groups in total. The van der Waals surface area contributed by atoms with Gasteiger partial charge in [-0.15, -0.1) is 0 Å². The second-order valence-corrected chi connectivity index (χ2v) is 4.02. The van der Waals surface area contributed by atoms with E-state index >= 15 is 0 Å². The molecule has 0 saturated heterocycles. The fraction of sp³-hybridized carbons (Fsp3) is 0.600. The second-order valence-electron chi connectivity index (χ2n) is 3.47. The first-order valence-electron chi connectivity index (χ1n) is 5.00. The molecule has 0 aromatic carbocycles. The lowest BCUT2D eigenvalue weighted by Gasteiger charge is -2.27. The third kappa shape index (κ3) is 4.07. The molecule has 0 bridgehead atoms. The number of aliphatic imine (C=N–C) groups is 1. The Bertz CT molecular complexity index is 335.